The van der Waals surface area contributed by atoms with E-state index in [0.29, 0.717) is 24.3 Å². The topological polar surface area (TPSA) is 86.0 Å². The number of nitrogens with one attached hydrogen (secondary N) is 1. The summed E-state index contributed by atoms with van der Waals surface area (Å²) >= 11 is 0. The number of hydrogen-bond acceptors (Lipinski definition) is 4. The average Bonchev–Trinajstić information content (AvgIpc) is 2.49. The standard InChI is InChI=1S/C16H17N3O2/c1-11(6-7-16(20)21)10-18-15-8-12(9-17)13-4-2-3-5-14(13)19-15/h2-5,8,11H,6-7,10H2,1H3,(H,18,19)(H,20,21). The van der Waals surface area contributed by atoms with E-state index in [1.54, 1.807) is 6.07 Å². The summed E-state index contributed by atoms with van der Waals surface area (Å²) in [6.45, 7) is 2.62. The second-order valence-corrected chi connectivity index (χ2v) is 5.10. The second kappa shape index (κ2) is 6.71. The number of carbonyl (C=O) groups is 1. The van der Waals surface area contributed by atoms with Gasteiger partial charge in [-0.25, -0.2) is 4.98 Å². The SMILES string of the molecule is CC(CCC(=O)O)CNc1cc(C#N)c2ccccc2n1. The number of para-hydroxylation sites is 1. The Morgan fingerprint density at radius 1 is 1.48 bits per heavy atom. The summed E-state index contributed by atoms with van der Waals surface area (Å²) in [7, 11) is 0. The minimum absolute atomic E-state index is 0.164. The number of rotatable bonds is 6. The van der Waals surface area contributed by atoms with Crippen LogP contribution in [0.25, 0.3) is 10.9 Å². The van der Waals surface area contributed by atoms with Gasteiger partial charge in [0.05, 0.1) is 17.1 Å². The van der Waals surface area contributed by atoms with E-state index in [4.69, 9.17) is 5.11 Å². The third-order valence-corrected chi connectivity index (χ3v) is 3.32. The van der Waals surface area contributed by atoms with Gasteiger partial charge in [-0.2, -0.15) is 5.26 Å². The van der Waals surface area contributed by atoms with Crippen molar-refractivity contribution in [2.75, 3.05) is 11.9 Å². The Labute approximate surface area is 123 Å². The number of fused-ring (bicyclic) bond motifs is 1. The van der Waals surface area contributed by atoms with E-state index in [1.807, 2.05) is 31.2 Å². The smallest absolute Gasteiger partial charge is 0.303 e. The first-order valence-corrected chi connectivity index (χ1v) is 6.85. The lowest BCUT2D eigenvalue weighted by Crippen LogP contribution is -2.13. The highest BCUT2D eigenvalue weighted by Gasteiger charge is 2.08. The molecule has 21 heavy (non-hydrogen) atoms. The van der Waals surface area contributed by atoms with Crippen LogP contribution in [0.4, 0.5) is 5.82 Å². The molecule has 1 unspecified atom stereocenters. The minimum atomic E-state index is -0.780. The van der Waals surface area contributed by atoms with Crippen molar-refractivity contribution in [2.24, 2.45) is 5.92 Å². The van der Waals surface area contributed by atoms with Crippen molar-refractivity contribution in [3.63, 3.8) is 0 Å². The molecule has 1 atom stereocenters. The Hall–Kier alpha value is -2.61. The summed E-state index contributed by atoms with van der Waals surface area (Å²) in [5.74, 6) is 0.0878. The molecule has 1 aromatic carbocycles. The Balaban J connectivity index is 2.09. The molecule has 2 aromatic rings. The van der Waals surface area contributed by atoms with Gasteiger partial charge in [-0.1, -0.05) is 25.1 Å². The Kier molecular flexibility index (Phi) is 4.72. The summed E-state index contributed by atoms with van der Waals surface area (Å²) in [5, 5.41) is 21.9. The van der Waals surface area contributed by atoms with Crippen molar-refractivity contribution in [3.8, 4) is 6.07 Å². The number of carboxylic acids is 1. The first-order valence-electron chi connectivity index (χ1n) is 6.85. The molecule has 1 heterocycles. The molecule has 2 rings (SSSR count). The molecule has 0 radical (unpaired) electrons. The van der Waals surface area contributed by atoms with Gasteiger partial charge in [-0.15, -0.1) is 0 Å². The molecule has 0 fully saturated rings. The van der Waals surface area contributed by atoms with E-state index in [2.05, 4.69) is 16.4 Å². The van der Waals surface area contributed by atoms with Gasteiger partial charge in [0.2, 0.25) is 0 Å². The lowest BCUT2D eigenvalue weighted by molar-refractivity contribution is -0.137. The van der Waals surface area contributed by atoms with Gasteiger partial charge in [-0.05, 0) is 24.5 Å². The number of anilines is 1. The molecule has 0 aliphatic rings. The van der Waals surface area contributed by atoms with Crippen LogP contribution in [0.3, 0.4) is 0 Å². The van der Waals surface area contributed by atoms with Crippen LogP contribution in [0, 0.1) is 17.2 Å². The van der Waals surface area contributed by atoms with Crippen LogP contribution in [-0.4, -0.2) is 22.6 Å². The van der Waals surface area contributed by atoms with E-state index in [9.17, 15) is 10.1 Å². The maximum Gasteiger partial charge on any atom is 0.303 e. The molecule has 2 N–H and O–H groups in total. The van der Waals surface area contributed by atoms with Crippen LogP contribution in [-0.2, 0) is 4.79 Å². The third kappa shape index (κ3) is 3.93. The Morgan fingerprint density at radius 2 is 2.24 bits per heavy atom. The maximum absolute atomic E-state index is 10.5. The maximum atomic E-state index is 10.5. The van der Waals surface area contributed by atoms with Crippen molar-refractivity contribution in [1.29, 1.82) is 5.26 Å². The lowest BCUT2D eigenvalue weighted by atomic mass is 10.1. The molecule has 1 aromatic heterocycles. The zero-order valence-corrected chi connectivity index (χ0v) is 11.8. The predicted octanol–water partition coefficient (Wildman–Crippen LogP) is 3.02. The van der Waals surface area contributed by atoms with Crippen LogP contribution >= 0.6 is 0 Å². The molecule has 0 amide bonds. The van der Waals surface area contributed by atoms with Gasteiger partial charge in [0, 0.05) is 18.4 Å². The van der Waals surface area contributed by atoms with Crippen LogP contribution < -0.4 is 5.32 Å². The highest BCUT2D eigenvalue weighted by atomic mass is 16.4. The molecule has 0 spiro atoms. The molecular formula is C16H17N3O2. The van der Waals surface area contributed by atoms with E-state index in [1.165, 1.54) is 0 Å². The van der Waals surface area contributed by atoms with Gasteiger partial charge in [0.15, 0.2) is 0 Å². The fourth-order valence-corrected chi connectivity index (χ4v) is 2.11. The monoisotopic (exact) mass is 283 g/mol. The summed E-state index contributed by atoms with van der Waals surface area (Å²) in [6, 6.07) is 11.4. The molecule has 5 nitrogen and oxygen atoms in total. The first kappa shape index (κ1) is 14.8. The van der Waals surface area contributed by atoms with Crippen LogP contribution in [0.5, 0.6) is 0 Å². The lowest BCUT2D eigenvalue weighted by Gasteiger charge is -2.13. The van der Waals surface area contributed by atoms with Gasteiger partial charge in [0.25, 0.3) is 0 Å². The van der Waals surface area contributed by atoms with Gasteiger partial charge in [0.1, 0.15) is 5.82 Å². The highest BCUT2D eigenvalue weighted by molar-refractivity contribution is 5.86. The van der Waals surface area contributed by atoms with E-state index < -0.39 is 5.97 Å². The van der Waals surface area contributed by atoms with Gasteiger partial charge < -0.3 is 10.4 Å². The largest absolute Gasteiger partial charge is 0.481 e. The fourth-order valence-electron chi connectivity index (χ4n) is 2.11. The number of nitrogens with zero attached hydrogens (tertiary/aromatic N) is 2. The Bertz CT molecular complexity index is 691. The van der Waals surface area contributed by atoms with Crippen molar-refractivity contribution in [3.05, 3.63) is 35.9 Å². The van der Waals surface area contributed by atoms with Crippen molar-refractivity contribution in [1.82, 2.24) is 4.98 Å². The van der Waals surface area contributed by atoms with Crippen molar-refractivity contribution >= 4 is 22.7 Å². The van der Waals surface area contributed by atoms with Crippen molar-refractivity contribution in [2.45, 2.75) is 19.8 Å². The van der Waals surface area contributed by atoms with Gasteiger partial charge in [-0.3, -0.25) is 4.79 Å². The summed E-state index contributed by atoms with van der Waals surface area (Å²) in [4.78, 5) is 15.0. The van der Waals surface area contributed by atoms with E-state index in [-0.39, 0.29) is 12.3 Å². The molecule has 0 aliphatic heterocycles. The number of aliphatic carboxylic acids is 1. The summed E-state index contributed by atoms with van der Waals surface area (Å²) < 4.78 is 0. The van der Waals surface area contributed by atoms with E-state index in [0.717, 1.165) is 10.9 Å². The number of carboxylic acid groups (broad SMARTS) is 1. The quantitative estimate of drug-likeness (QED) is 0.851. The van der Waals surface area contributed by atoms with Crippen molar-refractivity contribution < 1.29 is 9.90 Å². The number of nitriles is 1. The molecule has 0 saturated carbocycles. The molecule has 0 aliphatic carbocycles. The number of hydrogen-bond donors (Lipinski definition) is 2. The van der Waals surface area contributed by atoms with E-state index >= 15 is 0 Å². The normalized spacial score (nSPS) is 11.8. The molecule has 108 valence electrons. The summed E-state index contributed by atoms with van der Waals surface area (Å²) in [6.07, 6.45) is 0.776. The van der Waals surface area contributed by atoms with Gasteiger partial charge >= 0.3 is 5.97 Å². The Morgan fingerprint density at radius 3 is 2.95 bits per heavy atom. The van der Waals surface area contributed by atoms with Crippen LogP contribution in [0.15, 0.2) is 30.3 Å². The molecule has 0 saturated heterocycles. The molecule has 0 bridgehead atoms. The predicted molar refractivity (Wildman–Crippen MR) is 81.0 cm³/mol. The van der Waals surface area contributed by atoms with Crippen LogP contribution in [0.1, 0.15) is 25.3 Å². The molecular weight excluding hydrogens is 266 g/mol. The first-order chi connectivity index (χ1) is 10.1. The average molecular weight is 283 g/mol. The van der Waals surface area contributed by atoms with Crippen LogP contribution in [0.2, 0.25) is 0 Å². The fraction of sp³-hybridized carbons (Fsp3) is 0.312. The third-order valence-electron chi connectivity index (χ3n) is 3.32. The second-order valence-electron chi connectivity index (χ2n) is 5.10. The summed E-state index contributed by atoms with van der Waals surface area (Å²) in [5.41, 5.74) is 1.36. The zero-order chi connectivity index (χ0) is 15.2. The zero-order valence-electron chi connectivity index (χ0n) is 11.8. The number of pyridine rings is 1. The number of aromatic nitrogens is 1. The number of benzene rings is 1. The molecule has 5 heteroatoms. The highest BCUT2D eigenvalue weighted by Crippen LogP contribution is 2.20. The minimum Gasteiger partial charge on any atom is -0.481 e.